The number of hydrogen-bond acceptors (Lipinski definition) is 5. The molecule has 116 valence electrons. The molecule has 3 rings (SSSR count). The maximum Gasteiger partial charge on any atom is 0.223 e. The molecule has 0 radical (unpaired) electrons. The first-order valence-corrected chi connectivity index (χ1v) is 8.36. The third-order valence-corrected chi connectivity index (χ3v) is 5.14. The lowest BCUT2D eigenvalue weighted by molar-refractivity contribution is 0.111. The molecule has 0 unspecified atom stereocenters. The second kappa shape index (κ2) is 5.94. The van der Waals surface area contributed by atoms with E-state index in [0.29, 0.717) is 6.29 Å². The van der Waals surface area contributed by atoms with E-state index in [2.05, 4.69) is 10.1 Å². The second-order valence-corrected chi connectivity index (χ2v) is 6.82. The molecule has 0 aliphatic carbocycles. The Balaban J connectivity index is 2.27. The Morgan fingerprint density at radius 3 is 2.48 bits per heavy atom. The zero-order chi connectivity index (χ0) is 16.4. The maximum atomic E-state index is 12.8. The minimum absolute atomic E-state index is 0.0144. The van der Waals surface area contributed by atoms with Crippen molar-refractivity contribution in [1.82, 2.24) is 14.8 Å². The third-order valence-electron chi connectivity index (χ3n) is 3.11. The van der Waals surface area contributed by atoms with Gasteiger partial charge in [-0.1, -0.05) is 29.8 Å². The fourth-order valence-electron chi connectivity index (χ4n) is 2.06. The topological polar surface area (TPSA) is 81.9 Å². The quantitative estimate of drug-likeness (QED) is 0.535. The summed E-state index contributed by atoms with van der Waals surface area (Å²) in [5.41, 5.74) is 0.260. The van der Waals surface area contributed by atoms with Crippen LogP contribution in [0.4, 0.5) is 0 Å². The fraction of sp³-hybridized carbons (Fsp3) is 0. The van der Waals surface area contributed by atoms with Gasteiger partial charge in [-0.25, -0.2) is 18.1 Å². The Kier molecular flexibility index (Phi) is 3.97. The van der Waals surface area contributed by atoms with Crippen LogP contribution in [0.25, 0.3) is 5.69 Å². The minimum atomic E-state index is -3.87. The molecule has 0 amide bonds. The summed E-state index contributed by atoms with van der Waals surface area (Å²) < 4.78 is 26.8. The Hall–Kier alpha value is -2.51. The molecular weight excluding hydrogens is 338 g/mol. The van der Waals surface area contributed by atoms with Crippen LogP contribution in [0, 0.1) is 0 Å². The van der Waals surface area contributed by atoms with Crippen LogP contribution in [0.3, 0.4) is 0 Å². The van der Waals surface area contributed by atoms with Crippen molar-refractivity contribution < 1.29 is 13.2 Å². The number of carbonyl (C=O) groups is 1. The van der Waals surface area contributed by atoms with Crippen molar-refractivity contribution in [3.63, 3.8) is 0 Å². The van der Waals surface area contributed by atoms with E-state index in [-0.39, 0.29) is 26.5 Å². The van der Waals surface area contributed by atoms with Crippen molar-refractivity contribution in [1.29, 1.82) is 0 Å². The molecule has 6 nitrogen and oxygen atoms in total. The van der Waals surface area contributed by atoms with Gasteiger partial charge in [0.2, 0.25) is 9.84 Å². The SMILES string of the molecule is O=Cc1cc(S(=O)(=O)c2ccccc2)n(-c2cccnc2Cl)n1. The van der Waals surface area contributed by atoms with Crippen molar-refractivity contribution in [3.8, 4) is 5.69 Å². The standard InChI is InChI=1S/C15H10ClN3O3S/c16-15-13(7-4-8-17-15)19-14(9-11(10-20)18-19)23(21,22)12-5-2-1-3-6-12/h1-10H. The van der Waals surface area contributed by atoms with E-state index >= 15 is 0 Å². The largest absolute Gasteiger partial charge is 0.296 e. The van der Waals surface area contributed by atoms with Gasteiger partial charge in [0.15, 0.2) is 16.5 Å². The first-order valence-electron chi connectivity index (χ1n) is 6.50. The molecule has 23 heavy (non-hydrogen) atoms. The molecule has 0 saturated carbocycles. The lowest BCUT2D eigenvalue weighted by Gasteiger charge is -2.09. The fourth-order valence-corrected chi connectivity index (χ4v) is 3.66. The van der Waals surface area contributed by atoms with Gasteiger partial charge in [0.25, 0.3) is 0 Å². The minimum Gasteiger partial charge on any atom is -0.296 e. The predicted molar refractivity (Wildman–Crippen MR) is 83.7 cm³/mol. The predicted octanol–water partition coefficient (Wildman–Crippen LogP) is 2.57. The van der Waals surface area contributed by atoms with E-state index in [1.807, 2.05) is 0 Å². The van der Waals surface area contributed by atoms with Crippen molar-refractivity contribution in [2.75, 3.05) is 0 Å². The molecule has 2 heterocycles. The summed E-state index contributed by atoms with van der Waals surface area (Å²) in [7, 11) is -3.87. The molecule has 0 saturated heterocycles. The average molecular weight is 348 g/mol. The van der Waals surface area contributed by atoms with Gasteiger partial charge in [0.1, 0.15) is 11.4 Å². The van der Waals surface area contributed by atoms with Crippen molar-refractivity contribution in [2.24, 2.45) is 0 Å². The van der Waals surface area contributed by atoms with Crippen molar-refractivity contribution in [2.45, 2.75) is 9.92 Å². The van der Waals surface area contributed by atoms with Gasteiger partial charge in [-0.15, -0.1) is 0 Å². The number of nitrogens with zero attached hydrogens (tertiary/aromatic N) is 3. The van der Waals surface area contributed by atoms with E-state index in [1.165, 1.54) is 24.4 Å². The molecule has 8 heteroatoms. The van der Waals surface area contributed by atoms with Crippen LogP contribution in [-0.2, 0) is 9.84 Å². The van der Waals surface area contributed by atoms with Crippen LogP contribution in [0.15, 0.2) is 64.6 Å². The number of benzene rings is 1. The number of aromatic nitrogens is 3. The zero-order valence-electron chi connectivity index (χ0n) is 11.6. The van der Waals surface area contributed by atoms with Gasteiger partial charge in [-0.3, -0.25) is 4.79 Å². The molecule has 2 aromatic heterocycles. The number of aldehydes is 1. The highest BCUT2D eigenvalue weighted by Crippen LogP contribution is 2.26. The molecule has 0 spiro atoms. The van der Waals surface area contributed by atoms with E-state index in [0.717, 1.165) is 4.68 Å². The summed E-state index contributed by atoms with van der Waals surface area (Å²) in [5.74, 6) is 0. The van der Waals surface area contributed by atoms with Gasteiger partial charge < -0.3 is 0 Å². The molecule has 0 aliphatic heterocycles. The van der Waals surface area contributed by atoms with E-state index < -0.39 is 9.84 Å². The van der Waals surface area contributed by atoms with Crippen molar-refractivity contribution >= 4 is 27.7 Å². The summed E-state index contributed by atoms with van der Waals surface area (Å²) in [5, 5.41) is 3.93. The van der Waals surface area contributed by atoms with Crippen LogP contribution >= 0.6 is 11.6 Å². The first-order chi connectivity index (χ1) is 11.0. The molecule has 0 atom stereocenters. The summed E-state index contributed by atoms with van der Waals surface area (Å²) in [6, 6.07) is 12.3. The van der Waals surface area contributed by atoms with Crippen LogP contribution in [0.5, 0.6) is 0 Å². The summed E-state index contributed by atoms with van der Waals surface area (Å²) in [6.45, 7) is 0. The Morgan fingerprint density at radius 1 is 1.09 bits per heavy atom. The number of carbonyl (C=O) groups excluding carboxylic acids is 1. The normalized spacial score (nSPS) is 11.3. The molecule has 3 aromatic rings. The summed E-state index contributed by atoms with van der Waals surface area (Å²) in [4.78, 5) is 15.0. The van der Waals surface area contributed by atoms with Gasteiger partial charge >= 0.3 is 0 Å². The average Bonchev–Trinajstić information content (AvgIpc) is 3.01. The van der Waals surface area contributed by atoms with E-state index in [9.17, 15) is 13.2 Å². The van der Waals surface area contributed by atoms with E-state index in [1.54, 1.807) is 30.3 Å². The van der Waals surface area contributed by atoms with E-state index in [4.69, 9.17) is 11.6 Å². The van der Waals surface area contributed by atoms with Crippen LogP contribution < -0.4 is 0 Å². The summed E-state index contributed by atoms with van der Waals surface area (Å²) >= 11 is 6.02. The smallest absolute Gasteiger partial charge is 0.223 e. The number of pyridine rings is 1. The van der Waals surface area contributed by atoms with Gasteiger partial charge in [-0.2, -0.15) is 5.10 Å². The van der Waals surface area contributed by atoms with Crippen LogP contribution in [0.1, 0.15) is 10.5 Å². The summed E-state index contributed by atoms with van der Waals surface area (Å²) in [6.07, 6.45) is 1.95. The molecular formula is C15H10ClN3O3S. The molecule has 0 N–H and O–H groups in total. The number of halogens is 1. The highest BCUT2D eigenvalue weighted by Gasteiger charge is 2.25. The Labute approximate surface area is 137 Å². The molecule has 0 fully saturated rings. The number of rotatable bonds is 4. The number of sulfone groups is 1. The van der Waals surface area contributed by atoms with Crippen LogP contribution in [-0.4, -0.2) is 29.5 Å². The van der Waals surface area contributed by atoms with Crippen molar-refractivity contribution in [3.05, 3.63) is 65.6 Å². The van der Waals surface area contributed by atoms with Crippen LogP contribution in [0.2, 0.25) is 5.15 Å². The van der Waals surface area contributed by atoms with Gasteiger partial charge in [-0.05, 0) is 24.3 Å². The highest BCUT2D eigenvalue weighted by molar-refractivity contribution is 7.91. The lowest BCUT2D eigenvalue weighted by atomic mass is 10.4. The lowest BCUT2D eigenvalue weighted by Crippen LogP contribution is -2.10. The third kappa shape index (κ3) is 2.76. The molecule has 0 aliphatic rings. The Bertz CT molecular complexity index is 969. The highest BCUT2D eigenvalue weighted by atomic mass is 35.5. The number of hydrogen-bond donors (Lipinski definition) is 0. The second-order valence-electron chi connectivity index (χ2n) is 4.57. The van der Waals surface area contributed by atoms with Gasteiger partial charge in [0.05, 0.1) is 4.90 Å². The molecule has 1 aromatic carbocycles. The monoisotopic (exact) mass is 347 g/mol. The molecule has 0 bridgehead atoms. The maximum absolute atomic E-state index is 12.8. The zero-order valence-corrected chi connectivity index (χ0v) is 13.2. The Morgan fingerprint density at radius 2 is 1.83 bits per heavy atom. The van der Waals surface area contributed by atoms with Gasteiger partial charge in [0, 0.05) is 12.3 Å². The first kappa shape index (κ1) is 15.4.